The molecule has 0 aliphatic rings. The van der Waals surface area contributed by atoms with Crippen molar-refractivity contribution in [3.63, 3.8) is 0 Å². The Hall–Kier alpha value is -3.09. The largest absolute Gasteiger partial charge is 0.494 e. The van der Waals surface area contributed by atoms with Crippen LogP contribution in [0, 0.1) is 6.92 Å². The maximum Gasteiger partial charge on any atom is 0.341 e. The highest BCUT2D eigenvalue weighted by Crippen LogP contribution is 2.40. The summed E-state index contributed by atoms with van der Waals surface area (Å²) >= 11 is 7.35. The van der Waals surface area contributed by atoms with Crippen molar-refractivity contribution in [3.05, 3.63) is 75.6 Å². The SMILES string of the molecule is CCOC(=O)c1c(NC(=O)/C=C/c2ccc(OCC)cc2)sc(C)c1-c1ccc(Cl)cc1. The van der Waals surface area contributed by atoms with E-state index in [-0.39, 0.29) is 12.5 Å². The fourth-order valence-corrected chi connectivity index (χ4v) is 4.36. The number of halogens is 1. The van der Waals surface area contributed by atoms with Crippen LogP contribution < -0.4 is 10.1 Å². The Labute approximate surface area is 196 Å². The van der Waals surface area contributed by atoms with E-state index in [0.29, 0.717) is 22.2 Å². The van der Waals surface area contributed by atoms with Gasteiger partial charge in [0.25, 0.3) is 0 Å². The second-order valence-electron chi connectivity index (χ2n) is 6.79. The minimum Gasteiger partial charge on any atom is -0.494 e. The molecule has 0 aliphatic carbocycles. The lowest BCUT2D eigenvalue weighted by Gasteiger charge is -2.08. The molecule has 1 aromatic heterocycles. The number of nitrogens with one attached hydrogen (secondary N) is 1. The summed E-state index contributed by atoms with van der Waals surface area (Å²) in [4.78, 5) is 26.3. The lowest BCUT2D eigenvalue weighted by molar-refractivity contribution is -0.111. The van der Waals surface area contributed by atoms with E-state index in [1.807, 2.05) is 50.2 Å². The molecular weight excluding hydrogens is 446 g/mol. The van der Waals surface area contributed by atoms with E-state index < -0.39 is 5.97 Å². The Morgan fingerprint density at radius 3 is 2.34 bits per heavy atom. The number of benzene rings is 2. The summed E-state index contributed by atoms with van der Waals surface area (Å²) in [7, 11) is 0. The number of rotatable bonds is 8. The van der Waals surface area contributed by atoms with Gasteiger partial charge in [-0.2, -0.15) is 0 Å². The van der Waals surface area contributed by atoms with E-state index in [2.05, 4.69) is 5.32 Å². The standard InChI is InChI=1S/C25H24ClNO4S/c1-4-30-20-13-6-17(7-14-20)8-15-21(28)27-24-23(25(29)31-5-2)22(16(3)32-24)18-9-11-19(26)12-10-18/h6-15H,4-5H2,1-3H3,(H,27,28)/b15-8+. The van der Waals surface area contributed by atoms with Gasteiger partial charge in [-0.15, -0.1) is 11.3 Å². The van der Waals surface area contributed by atoms with Crippen molar-refractivity contribution < 1.29 is 19.1 Å². The van der Waals surface area contributed by atoms with Gasteiger partial charge < -0.3 is 14.8 Å². The number of thiophene rings is 1. The zero-order valence-corrected chi connectivity index (χ0v) is 19.7. The van der Waals surface area contributed by atoms with Crippen LogP contribution in [0.5, 0.6) is 5.75 Å². The first-order valence-corrected chi connectivity index (χ1v) is 11.4. The molecule has 0 radical (unpaired) electrons. The highest BCUT2D eigenvalue weighted by Gasteiger charge is 2.25. The molecule has 3 rings (SSSR count). The first-order valence-electron chi connectivity index (χ1n) is 10.2. The van der Waals surface area contributed by atoms with Crippen molar-refractivity contribution in [1.82, 2.24) is 0 Å². The van der Waals surface area contributed by atoms with Gasteiger partial charge >= 0.3 is 5.97 Å². The van der Waals surface area contributed by atoms with E-state index in [1.54, 1.807) is 25.1 Å². The van der Waals surface area contributed by atoms with Crippen LogP contribution in [-0.4, -0.2) is 25.1 Å². The summed E-state index contributed by atoms with van der Waals surface area (Å²) in [5.74, 6) is -0.0436. The van der Waals surface area contributed by atoms with Crippen LogP contribution in [0.25, 0.3) is 17.2 Å². The third-order valence-electron chi connectivity index (χ3n) is 4.55. The molecular formula is C25H24ClNO4S. The summed E-state index contributed by atoms with van der Waals surface area (Å²) in [5, 5.41) is 3.89. The van der Waals surface area contributed by atoms with E-state index in [1.165, 1.54) is 17.4 Å². The topological polar surface area (TPSA) is 64.6 Å². The van der Waals surface area contributed by atoms with Gasteiger partial charge in [0.05, 0.1) is 13.2 Å². The molecule has 2 aromatic carbocycles. The molecule has 1 N–H and O–H groups in total. The zero-order valence-electron chi connectivity index (χ0n) is 18.1. The molecule has 0 bridgehead atoms. The van der Waals surface area contributed by atoms with Crippen LogP contribution in [0.15, 0.2) is 54.6 Å². The van der Waals surface area contributed by atoms with Gasteiger partial charge in [-0.25, -0.2) is 4.79 Å². The number of carbonyl (C=O) groups is 2. The van der Waals surface area contributed by atoms with Gasteiger partial charge in [-0.05, 0) is 62.2 Å². The maximum atomic E-state index is 12.8. The van der Waals surface area contributed by atoms with Gasteiger partial charge in [-0.1, -0.05) is 35.9 Å². The van der Waals surface area contributed by atoms with E-state index >= 15 is 0 Å². The average Bonchev–Trinajstić information content (AvgIpc) is 3.09. The molecule has 32 heavy (non-hydrogen) atoms. The molecule has 5 nitrogen and oxygen atoms in total. The highest BCUT2D eigenvalue weighted by molar-refractivity contribution is 7.17. The minimum atomic E-state index is -0.479. The second kappa shape index (κ2) is 11.0. The molecule has 0 aliphatic heterocycles. The Morgan fingerprint density at radius 2 is 1.72 bits per heavy atom. The number of esters is 1. The van der Waals surface area contributed by atoms with Crippen molar-refractivity contribution in [2.45, 2.75) is 20.8 Å². The van der Waals surface area contributed by atoms with Crippen molar-refractivity contribution in [2.24, 2.45) is 0 Å². The lowest BCUT2D eigenvalue weighted by atomic mass is 10.0. The van der Waals surface area contributed by atoms with Gasteiger partial charge in [0.1, 0.15) is 16.3 Å². The lowest BCUT2D eigenvalue weighted by Crippen LogP contribution is -2.12. The molecule has 1 amide bonds. The molecule has 3 aromatic rings. The summed E-state index contributed by atoms with van der Waals surface area (Å²) in [6.45, 7) is 6.41. The van der Waals surface area contributed by atoms with E-state index in [0.717, 1.165) is 27.3 Å². The fraction of sp³-hybridized carbons (Fsp3) is 0.200. The van der Waals surface area contributed by atoms with Gasteiger partial charge in [0.15, 0.2) is 0 Å². The monoisotopic (exact) mass is 469 g/mol. The Balaban J connectivity index is 1.86. The molecule has 1 heterocycles. The number of hydrogen-bond acceptors (Lipinski definition) is 5. The molecule has 0 unspecified atom stereocenters. The first-order chi connectivity index (χ1) is 15.4. The summed E-state index contributed by atoms with van der Waals surface area (Å²) in [6.07, 6.45) is 3.14. The van der Waals surface area contributed by atoms with Crippen molar-refractivity contribution in [3.8, 4) is 16.9 Å². The summed E-state index contributed by atoms with van der Waals surface area (Å²) in [6, 6.07) is 14.7. The zero-order chi connectivity index (χ0) is 23.1. The Bertz CT molecular complexity index is 1120. The molecule has 7 heteroatoms. The minimum absolute atomic E-state index is 0.235. The van der Waals surface area contributed by atoms with Gasteiger partial charge in [0, 0.05) is 21.5 Å². The van der Waals surface area contributed by atoms with Crippen LogP contribution in [0.3, 0.4) is 0 Å². The third kappa shape index (κ3) is 5.78. The quantitative estimate of drug-likeness (QED) is 0.298. The van der Waals surface area contributed by atoms with Crippen molar-refractivity contribution >= 4 is 45.9 Å². The normalized spacial score (nSPS) is 10.9. The van der Waals surface area contributed by atoms with Crippen LogP contribution in [-0.2, 0) is 9.53 Å². The summed E-state index contributed by atoms with van der Waals surface area (Å²) in [5.41, 5.74) is 2.77. The molecule has 166 valence electrons. The van der Waals surface area contributed by atoms with Crippen molar-refractivity contribution in [1.29, 1.82) is 0 Å². The summed E-state index contributed by atoms with van der Waals surface area (Å²) < 4.78 is 10.7. The number of aryl methyl sites for hydroxylation is 1. The predicted octanol–water partition coefficient (Wildman–Crippen LogP) is 6.60. The first kappa shape index (κ1) is 23.6. The average molecular weight is 470 g/mol. The molecule has 0 atom stereocenters. The molecule has 0 spiro atoms. The van der Waals surface area contributed by atoms with Gasteiger partial charge in [0.2, 0.25) is 5.91 Å². The van der Waals surface area contributed by atoms with Crippen LogP contribution in [0.4, 0.5) is 5.00 Å². The van der Waals surface area contributed by atoms with Crippen LogP contribution in [0.2, 0.25) is 5.02 Å². The Morgan fingerprint density at radius 1 is 1.03 bits per heavy atom. The third-order valence-corrected chi connectivity index (χ3v) is 5.82. The smallest absolute Gasteiger partial charge is 0.341 e. The molecule has 0 fully saturated rings. The number of ether oxygens (including phenoxy) is 2. The Kier molecular flexibility index (Phi) is 8.09. The number of amides is 1. The van der Waals surface area contributed by atoms with Crippen LogP contribution >= 0.6 is 22.9 Å². The van der Waals surface area contributed by atoms with Gasteiger partial charge in [-0.3, -0.25) is 4.79 Å². The van der Waals surface area contributed by atoms with Crippen molar-refractivity contribution in [2.75, 3.05) is 18.5 Å². The highest BCUT2D eigenvalue weighted by atomic mass is 35.5. The molecule has 0 saturated heterocycles. The number of carbonyl (C=O) groups excluding carboxylic acids is 2. The number of anilines is 1. The van der Waals surface area contributed by atoms with E-state index in [4.69, 9.17) is 21.1 Å². The molecule has 0 saturated carbocycles. The second-order valence-corrected chi connectivity index (χ2v) is 8.45. The predicted molar refractivity (Wildman–Crippen MR) is 131 cm³/mol. The van der Waals surface area contributed by atoms with E-state index in [9.17, 15) is 9.59 Å². The van der Waals surface area contributed by atoms with Crippen LogP contribution in [0.1, 0.15) is 34.6 Å². The maximum absolute atomic E-state index is 12.8. The number of hydrogen-bond donors (Lipinski definition) is 1. The fourth-order valence-electron chi connectivity index (χ4n) is 3.16.